The van der Waals surface area contributed by atoms with E-state index in [1.165, 1.54) is 0 Å². The average Bonchev–Trinajstić information content (AvgIpc) is 3.74. The molecule has 4 rings (SSSR count). The van der Waals surface area contributed by atoms with Crippen molar-refractivity contribution in [1.82, 2.24) is 0 Å². The van der Waals surface area contributed by atoms with E-state index >= 15 is 0 Å². The number of allylic oxidation sites excluding steroid dienone is 3. The van der Waals surface area contributed by atoms with Gasteiger partial charge in [-0.05, 0) is 184 Å². The molecule has 0 aromatic heterocycles. The minimum atomic E-state index is -5.90. The fourth-order valence-corrected chi connectivity index (χ4v) is 15.2. The van der Waals surface area contributed by atoms with E-state index in [4.69, 9.17) is 27.6 Å². The minimum absolute atomic E-state index is 0.0444. The SMILES string of the molecule is CC(C)(CCC[C@](C)(C/C=C/C(C)(C(F)(F)F)C(F)(F)F)[C@H]1CCC2C(=O)CCC[C@@]21C)O[Si](C)(C)C.CC(C)(O)CCC[C@](C)(C/C=C/C(O)(C(F)(F)F)C(F)(F)F)[C@H]1CCC2C(=O)CCC[C@@]21C.ClCCl. The Labute approximate surface area is 437 Å². The molecule has 0 bridgehead atoms. The lowest BCUT2D eigenvalue weighted by Gasteiger charge is -2.48. The molecule has 4 aliphatic carbocycles. The zero-order valence-corrected chi connectivity index (χ0v) is 47.5. The van der Waals surface area contributed by atoms with Gasteiger partial charge in [-0.2, -0.15) is 52.7 Å². The van der Waals surface area contributed by atoms with Crippen molar-refractivity contribution in [3.8, 4) is 0 Å². The summed E-state index contributed by atoms with van der Waals surface area (Å²) in [6.45, 7) is 21.9. The van der Waals surface area contributed by atoms with Crippen LogP contribution in [-0.2, 0) is 14.0 Å². The lowest BCUT2D eigenvalue weighted by molar-refractivity contribution is -0.347. The molecule has 0 aromatic carbocycles. The number of hydrogen-bond acceptors (Lipinski definition) is 5. The molecule has 0 saturated heterocycles. The topological polar surface area (TPSA) is 83.8 Å². The molecule has 8 atom stereocenters. The predicted molar refractivity (Wildman–Crippen MR) is 266 cm³/mol. The van der Waals surface area contributed by atoms with Gasteiger partial charge in [0.25, 0.3) is 5.60 Å². The third kappa shape index (κ3) is 16.8. The van der Waals surface area contributed by atoms with Crippen molar-refractivity contribution in [2.45, 2.75) is 239 Å². The summed E-state index contributed by atoms with van der Waals surface area (Å²) < 4.78 is 166. The van der Waals surface area contributed by atoms with E-state index in [9.17, 15) is 72.5 Å². The molecule has 0 spiro atoms. The molecular formula is C53H84Cl2F12O5Si. The smallest absolute Gasteiger partial charge is 0.413 e. The van der Waals surface area contributed by atoms with E-state index in [0.717, 1.165) is 63.5 Å². The second-order valence-electron chi connectivity index (χ2n) is 25.1. The van der Waals surface area contributed by atoms with Gasteiger partial charge >= 0.3 is 24.7 Å². The summed E-state index contributed by atoms with van der Waals surface area (Å²) in [5.41, 5.74) is -12.0. The number of halogens is 14. The summed E-state index contributed by atoms with van der Waals surface area (Å²) in [4.78, 5) is 25.3. The van der Waals surface area contributed by atoms with E-state index < -0.39 is 60.5 Å². The number of rotatable bonds is 18. The fourth-order valence-electron chi connectivity index (χ4n) is 13.5. The summed E-state index contributed by atoms with van der Waals surface area (Å²) in [5.74, 6) is 0.191. The van der Waals surface area contributed by atoms with Crippen molar-refractivity contribution in [1.29, 1.82) is 0 Å². The van der Waals surface area contributed by atoms with Crippen LogP contribution >= 0.6 is 23.2 Å². The molecule has 4 fully saturated rings. The van der Waals surface area contributed by atoms with Gasteiger partial charge < -0.3 is 14.6 Å². The lowest BCUT2D eigenvalue weighted by atomic mass is 9.56. The lowest BCUT2D eigenvalue weighted by Crippen LogP contribution is -2.55. The Morgan fingerprint density at radius 1 is 0.589 bits per heavy atom. The van der Waals surface area contributed by atoms with E-state index in [0.29, 0.717) is 57.4 Å². The molecule has 0 heterocycles. The van der Waals surface area contributed by atoms with Crippen LogP contribution in [0, 0.1) is 50.7 Å². The van der Waals surface area contributed by atoms with Crippen LogP contribution in [0.25, 0.3) is 0 Å². The van der Waals surface area contributed by atoms with Gasteiger partial charge in [-0.25, -0.2) is 0 Å². The first-order valence-corrected chi connectivity index (χ1v) is 30.1. The molecule has 2 unspecified atom stereocenters. The first kappa shape index (κ1) is 67.8. The van der Waals surface area contributed by atoms with Gasteiger partial charge in [-0.15, -0.1) is 23.2 Å². The molecule has 73 heavy (non-hydrogen) atoms. The van der Waals surface area contributed by atoms with Crippen LogP contribution in [0.5, 0.6) is 0 Å². The van der Waals surface area contributed by atoms with Crippen LogP contribution in [-0.4, -0.2) is 76.9 Å². The number of hydrogen-bond donors (Lipinski definition) is 2. The molecule has 0 aliphatic heterocycles. The Balaban J connectivity index is 0.000000477. The number of Topliss-reactive ketones (excluding diaryl/α,β-unsaturated/α-hetero) is 2. The summed E-state index contributed by atoms with van der Waals surface area (Å²) in [6, 6.07) is 0. The van der Waals surface area contributed by atoms with Gasteiger partial charge in [0.15, 0.2) is 13.7 Å². The molecule has 0 aromatic rings. The van der Waals surface area contributed by atoms with Crippen LogP contribution in [0.2, 0.25) is 19.6 Å². The maximum Gasteiger partial charge on any atom is 0.429 e. The Bertz CT molecular complexity index is 1840. The van der Waals surface area contributed by atoms with Gasteiger partial charge in [0.2, 0.25) is 0 Å². The first-order chi connectivity index (χ1) is 32.7. The molecule has 20 heteroatoms. The molecule has 4 saturated carbocycles. The van der Waals surface area contributed by atoms with Crippen LogP contribution < -0.4 is 0 Å². The number of aliphatic hydroxyl groups is 2. The maximum absolute atomic E-state index is 13.5. The van der Waals surface area contributed by atoms with Gasteiger partial charge in [0, 0.05) is 24.7 Å². The van der Waals surface area contributed by atoms with E-state index in [1.54, 1.807) is 13.8 Å². The Morgan fingerprint density at radius 3 is 1.27 bits per heavy atom. The monoisotopic (exact) mass is 1130 g/mol. The van der Waals surface area contributed by atoms with E-state index in [1.807, 2.05) is 34.6 Å². The summed E-state index contributed by atoms with van der Waals surface area (Å²) in [5, 5.41) is 19.8. The van der Waals surface area contributed by atoms with Gasteiger partial charge in [-0.3, -0.25) is 9.59 Å². The van der Waals surface area contributed by atoms with Crippen molar-refractivity contribution < 1.29 is 76.9 Å². The van der Waals surface area contributed by atoms with Crippen LogP contribution in [0.1, 0.15) is 178 Å². The zero-order valence-electron chi connectivity index (χ0n) is 45.0. The normalized spacial score (nSPS) is 27.7. The second kappa shape index (κ2) is 24.3. The Morgan fingerprint density at radius 2 is 0.945 bits per heavy atom. The average molecular weight is 1130 g/mol. The van der Waals surface area contributed by atoms with Gasteiger partial charge in [-0.1, -0.05) is 58.8 Å². The highest BCUT2D eigenvalue weighted by atomic mass is 35.5. The minimum Gasteiger partial charge on any atom is -0.413 e. The number of ketones is 2. The molecule has 428 valence electrons. The second-order valence-corrected chi connectivity index (χ2v) is 30.3. The Kier molecular flexibility index (Phi) is 22.6. The van der Waals surface area contributed by atoms with Crippen LogP contribution in [0.3, 0.4) is 0 Å². The highest BCUT2D eigenvalue weighted by molar-refractivity contribution is 6.69. The highest BCUT2D eigenvalue weighted by Gasteiger charge is 2.69. The van der Waals surface area contributed by atoms with E-state index in [-0.39, 0.29) is 82.8 Å². The summed E-state index contributed by atoms with van der Waals surface area (Å²) >= 11 is 9.53. The number of alkyl halides is 14. The third-order valence-electron chi connectivity index (χ3n) is 17.1. The highest BCUT2D eigenvalue weighted by Crippen LogP contribution is 2.64. The maximum atomic E-state index is 13.5. The molecule has 4 aliphatic rings. The predicted octanol–water partition coefficient (Wildman–Crippen LogP) is 17.6. The number of carbonyl (C=O) groups is 2. The number of carbonyl (C=O) groups excluding carboxylic acids is 2. The molecule has 0 radical (unpaired) electrons. The fraction of sp³-hybridized carbons (Fsp3) is 0.887. The summed E-state index contributed by atoms with van der Waals surface area (Å²) in [6.07, 6.45) is -10.1. The Hall–Kier alpha value is -1.34. The van der Waals surface area contributed by atoms with Crippen LogP contribution in [0.4, 0.5) is 52.7 Å². The van der Waals surface area contributed by atoms with Crippen molar-refractivity contribution in [3.05, 3.63) is 24.3 Å². The van der Waals surface area contributed by atoms with Gasteiger partial charge in [0.1, 0.15) is 11.6 Å². The zero-order chi connectivity index (χ0) is 56.9. The van der Waals surface area contributed by atoms with Crippen molar-refractivity contribution in [3.63, 3.8) is 0 Å². The van der Waals surface area contributed by atoms with Gasteiger partial charge in [0.05, 0.1) is 16.5 Å². The van der Waals surface area contributed by atoms with Crippen molar-refractivity contribution >= 4 is 43.1 Å². The first-order valence-electron chi connectivity index (χ1n) is 25.6. The molecule has 0 amide bonds. The largest absolute Gasteiger partial charge is 0.429 e. The number of fused-ring (bicyclic) bond motifs is 2. The summed E-state index contributed by atoms with van der Waals surface area (Å²) in [7, 11) is -1.80. The quantitative estimate of drug-likeness (QED) is 0.0618. The third-order valence-corrected chi connectivity index (χ3v) is 18.2. The standard InChI is InChI=1S/C28H46F6O2Si.C24H36F6O3.CH2Cl2/c1-23(2,36-37(6,7)8)15-10-16-24(3,17-11-19-26(5,27(29,30)31)28(32,33)34)22-14-13-20-21(35)12-9-18-25(20,22)4;1-19(2,32)11-6-12-20(3,13-7-15-22(33,23(25,26)27)24(28,29)30)18-10-9-16-17(31)8-5-14-21(16,18)4;2-1-3/h11,19-20,22H,9-10,12-18H2,1-8H3;7,15-16,18,32-33H,5-6,8-14H2,1-4H3;1H2/b19-11+;15-7+;/t20?,22-,24-,25+;16?,18-,20-,21+;/m11./s1. The molecule has 5 nitrogen and oxygen atoms in total. The van der Waals surface area contributed by atoms with Crippen LogP contribution in [0.15, 0.2) is 24.3 Å². The molecule has 2 N–H and O–H groups in total. The van der Waals surface area contributed by atoms with Crippen molar-refractivity contribution in [2.24, 2.45) is 50.7 Å². The van der Waals surface area contributed by atoms with Crippen molar-refractivity contribution in [2.75, 3.05) is 5.34 Å². The van der Waals surface area contributed by atoms with E-state index in [2.05, 4.69) is 26.6 Å². The molecular weight excluding hydrogens is 1040 g/mol.